The highest BCUT2D eigenvalue weighted by atomic mass is 16.3. The van der Waals surface area contributed by atoms with Crippen LogP contribution in [0, 0.1) is 5.92 Å². The Hall–Kier alpha value is -1.35. The predicted octanol–water partition coefficient (Wildman–Crippen LogP) is 1.92. The van der Waals surface area contributed by atoms with Gasteiger partial charge in [0.05, 0.1) is 6.10 Å². The highest BCUT2D eigenvalue weighted by Gasteiger charge is 2.45. The summed E-state index contributed by atoms with van der Waals surface area (Å²) in [4.78, 5) is 15.0. The molecule has 2 bridgehead atoms. The first-order chi connectivity index (χ1) is 9.72. The molecule has 2 fully saturated rings. The van der Waals surface area contributed by atoms with Crippen LogP contribution >= 0.6 is 0 Å². The first-order valence-corrected chi connectivity index (χ1v) is 7.79. The van der Waals surface area contributed by atoms with Gasteiger partial charge in [-0.2, -0.15) is 0 Å². The van der Waals surface area contributed by atoms with Crippen LogP contribution < -0.4 is 0 Å². The molecule has 3 aliphatic rings. The number of benzene rings is 1. The highest BCUT2D eigenvalue weighted by Crippen LogP contribution is 2.38. The smallest absolute Gasteiger partial charge is 0.226 e. The van der Waals surface area contributed by atoms with Crippen LogP contribution in [0.25, 0.3) is 0 Å². The van der Waals surface area contributed by atoms with Gasteiger partial charge in [-0.05, 0) is 49.7 Å². The van der Waals surface area contributed by atoms with Crippen molar-refractivity contribution in [1.82, 2.24) is 4.90 Å². The SMILES string of the molecule is O=C(C1Cc2ccccc2C1)N1C2CCC1CC(O)C2. The maximum atomic E-state index is 12.9. The van der Waals surface area contributed by atoms with E-state index in [2.05, 4.69) is 29.2 Å². The van der Waals surface area contributed by atoms with Gasteiger partial charge in [-0.15, -0.1) is 0 Å². The lowest BCUT2D eigenvalue weighted by molar-refractivity contribution is -0.141. The Morgan fingerprint density at radius 3 is 2.15 bits per heavy atom. The van der Waals surface area contributed by atoms with Crippen molar-refractivity contribution < 1.29 is 9.90 Å². The average molecular weight is 271 g/mol. The van der Waals surface area contributed by atoms with Crippen LogP contribution in [0.1, 0.15) is 36.8 Å². The maximum Gasteiger partial charge on any atom is 0.226 e. The number of nitrogens with zero attached hydrogens (tertiary/aromatic N) is 1. The molecule has 0 spiro atoms. The summed E-state index contributed by atoms with van der Waals surface area (Å²) in [5, 5.41) is 9.86. The summed E-state index contributed by atoms with van der Waals surface area (Å²) >= 11 is 0. The Kier molecular flexibility index (Phi) is 2.84. The Morgan fingerprint density at radius 2 is 1.60 bits per heavy atom. The van der Waals surface area contributed by atoms with Gasteiger partial charge < -0.3 is 10.0 Å². The van der Waals surface area contributed by atoms with E-state index in [1.165, 1.54) is 11.1 Å². The second-order valence-electron chi connectivity index (χ2n) is 6.63. The van der Waals surface area contributed by atoms with Crippen molar-refractivity contribution in [2.24, 2.45) is 5.92 Å². The molecule has 1 aliphatic carbocycles. The third-order valence-corrected chi connectivity index (χ3v) is 5.36. The van der Waals surface area contributed by atoms with Gasteiger partial charge in [0, 0.05) is 18.0 Å². The summed E-state index contributed by atoms with van der Waals surface area (Å²) in [6.07, 6.45) is 5.31. The van der Waals surface area contributed by atoms with Crippen molar-refractivity contribution in [2.45, 2.75) is 56.7 Å². The van der Waals surface area contributed by atoms with Gasteiger partial charge in [0.2, 0.25) is 5.91 Å². The number of fused-ring (bicyclic) bond motifs is 3. The van der Waals surface area contributed by atoms with Gasteiger partial charge in [0.25, 0.3) is 0 Å². The lowest BCUT2D eigenvalue weighted by Crippen LogP contribution is -2.50. The third kappa shape index (κ3) is 1.87. The number of carbonyl (C=O) groups excluding carboxylic acids is 1. The molecule has 2 saturated heterocycles. The molecule has 3 nitrogen and oxygen atoms in total. The average Bonchev–Trinajstić information content (AvgIpc) is 2.98. The van der Waals surface area contributed by atoms with E-state index in [4.69, 9.17) is 0 Å². The highest BCUT2D eigenvalue weighted by molar-refractivity contribution is 5.81. The number of amides is 1. The first kappa shape index (κ1) is 12.4. The normalized spacial score (nSPS) is 32.5. The van der Waals surface area contributed by atoms with E-state index in [0.29, 0.717) is 18.0 Å². The van der Waals surface area contributed by atoms with Crippen molar-refractivity contribution >= 4 is 5.91 Å². The van der Waals surface area contributed by atoms with Crippen molar-refractivity contribution in [1.29, 1.82) is 0 Å². The minimum Gasteiger partial charge on any atom is -0.393 e. The van der Waals surface area contributed by atoms with Crippen LogP contribution in [0.3, 0.4) is 0 Å². The molecule has 1 aromatic rings. The molecule has 1 N–H and O–H groups in total. The van der Waals surface area contributed by atoms with Gasteiger partial charge >= 0.3 is 0 Å². The van der Waals surface area contributed by atoms with E-state index < -0.39 is 0 Å². The zero-order valence-electron chi connectivity index (χ0n) is 11.7. The molecule has 4 rings (SSSR count). The summed E-state index contributed by atoms with van der Waals surface area (Å²) in [5.41, 5.74) is 2.69. The lowest BCUT2D eigenvalue weighted by Gasteiger charge is -2.38. The first-order valence-electron chi connectivity index (χ1n) is 7.79. The van der Waals surface area contributed by atoms with Crippen molar-refractivity contribution in [3.8, 4) is 0 Å². The van der Waals surface area contributed by atoms with E-state index in [1.54, 1.807) is 0 Å². The quantitative estimate of drug-likeness (QED) is 0.847. The fraction of sp³-hybridized carbons (Fsp3) is 0.588. The van der Waals surface area contributed by atoms with Gasteiger partial charge in [0.15, 0.2) is 0 Å². The van der Waals surface area contributed by atoms with Gasteiger partial charge in [-0.25, -0.2) is 0 Å². The minimum atomic E-state index is -0.197. The van der Waals surface area contributed by atoms with E-state index >= 15 is 0 Å². The molecule has 1 aromatic carbocycles. The molecule has 2 unspecified atom stereocenters. The molecule has 106 valence electrons. The molecule has 1 amide bonds. The Labute approximate surface area is 119 Å². The van der Waals surface area contributed by atoms with Gasteiger partial charge in [-0.1, -0.05) is 24.3 Å². The zero-order chi connectivity index (χ0) is 13.7. The summed E-state index contributed by atoms with van der Waals surface area (Å²) < 4.78 is 0. The van der Waals surface area contributed by atoms with Crippen LogP contribution in [-0.4, -0.2) is 34.1 Å². The van der Waals surface area contributed by atoms with E-state index in [0.717, 1.165) is 38.5 Å². The van der Waals surface area contributed by atoms with Crippen molar-refractivity contribution in [2.75, 3.05) is 0 Å². The lowest BCUT2D eigenvalue weighted by atomic mass is 9.96. The summed E-state index contributed by atoms with van der Waals surface area (Å²) in [7, 11) is 0. The Bertz CT molecular complexity index is 503. The molecule has 0 aromatic heterocycles. The molecule has 0 radical (unpaired) electrons. The minimum absolute atomic E-state index is 0.130. The number of aliphatic hydroxyl groups excluding tert-OH is 1. The zero-order valence-corrected chi connectivity index (χ0v) is 11.7. The third-order valence-electron chi connectivity index (χ3n) is 5.36. The number of hydrogen-bond acceptors (Lipinski definition) is 2. The molecule has 20 heavy (non-hydrogen) atoms. The Balaban J connectivity index is 1.52. The monoisotopic (exact) mass is 271 g/mol. The van der Waals surface area contributed by atoms with Crippen LogP contribution in [0.2, 0.25) is 0 Å². The van der Waals surface area contributed by atoms with E-state index in [-0.39, 0.29) is 12.0 Å². The number of rotatable bonds is 1. The molecular formula is C17H21NO2. The summed E-state index contributed by atoms with van der Waals surface area (Å²) in [6, 6.07) is 9.01. The summed E-state index contributed by atoms with van der Waals surface area (Å²) in [5.74, 6) is 0.464. The molecular weight excluding hydrogens is 250 g/mol. The van der Waals surface area contributed by atoms with Crippen molar-refractivity contribution in [3.05, 3.63) is 35.4 Å². The predicted molar refractivity (Wildman–Crippen MR) is 76.2 cm³/mol. The fourth-order valence-electron chi connectivity index (χ4n) is 4.45. The van der Waals surface area contributed by atoms with Crippen LogP contribution in [0.15, 0.2) is 24.3 Å². The molecule has 3 heteroatoms. The van der Waals surface area contributed by atoms with Gasteiger partial charge in [-0.3, -0.25) is 4.79 Å². The maximum absolute atomic E-state index is 12.9. The van der Waals surface area contributed by atoms with E-state index in [1.807, 2.05) is 0 Å². The van der Waals surface area contributed by atoms with Crippen LogP contribution in [0.4, 0.5) is 0 Å². The van der Waals surface area contributed by atoms with Gasteiger partial charge in [0.1, 0.15) is 0 Å². The second-order valence-corrected chi connectivity index (χ2v) is 6.63. The standard InChI is InChI=1S/C17H21NO2/c19-16-9-14-5-6-15(10-16)18(14)17(20)13-7-11-3-1-2-4-12(11)8-13/h1-4,13-16,19H,5-10H2. The molecule has 2 heterocycles. The molecule has 2 atom stereocenters. The molecule has 0 saturated carbocycles. The number of piperidine rings is 1. The van der Waals surface area contributed by atoms with Crippen LogP contribution in [0.5, 0.6) is 0 Å². The largest absolute Gasteiger partial charge is 0.393 e. The topological polar surface area (TPSA) is 40.5 Å². The molecule has 2 aliphatic heterocycles. The summed E-state index contributed by atoms with van der Waals surface area (Å²) in [6.45, 7) is 0. The number of carbonyl (C=O) groups is 1. The second kappa shape index (κ2) is 4.59. The number of hydrogen-bond donors (Lipinski definition) is 1. The van der Waals surface area contributed by atoms with Crippen molar-refractivity contribution in [3.63, 3.8) is 0 Å². The van der Waals surface area contributed by atoms with Crippen LogP contribution in [-0.2, 0) is 17.6 Å². The van der Waals surface area contributed by atoms with E-state index in [9.17, 15) is 9.90 Å². The Morgan fingerprint density at radius 1 is 1.05 bits per heavy atom. The fourth-order valence-corrected chi connectivity index (χ4v) is 4.45. The number of aliphatic hydroxyl groups is 1.